The SMILES string of the molecule is CCc1ccc(OC(C)C(=O)NN=Cc2ccccc2Cl)cc1. The van der Waals surface area contributed by atoms with Crippen LogP contribution in [-0.4, -0.2) is 18.2 Å². The number of amides is 1. The quantitative estimate of drug-likeness (QED) is 0.646. The maximum atomic E-state index is 12.0. The summed E-state index contributed by atoms with van der Waals surface area (Å²) < 4.78 is 5.59. The van der Waals surface area contributed by atoms with Crippen LogP contribution in [0.25, 0.3) is 0 Å². The summed E-state index contributed by atoms with van der Waals surface area (Å²) in [6, 6.07) is 14.9. The number of hydrogen-bond acceptors (Lipinski definition) is 3. The number of hydrogen-bond donors (Lipinski definition) is 1. The largest absolute Gasteiger partial charge is 0.481 e. The third-order valence-corrected chi connectivity index (χ3v) is 3.64. The number of aryl methyl sites for hydroxylation is 1. The van der Waals surface area contributed by atoms with Gasteiger partial charge in [0.1, 0.15) is 5.75 Å². The minimum absolute atomic E-state index is 0.326. The van der Waals surface area contributed by atoms with Gasteiger partial charge in [-0.15, -0.1) is 0 Å². The van der Waals surface area contributed by atoms with Gasteiger partial charge in [-0.05, 0) is 37.1 Å². The lowest BCUT2D eigenvalue weighted by atomic mass is 10.2. The predicted molar refractivity (Wildman–Crippen MR) is 93.1 cm³/mol. The predicted octanol–water partition coefficient (Wildman–Crippen LogP) is 3.82. The van der Waals surface area contributed by atoms with Crippen molar-refractivity contribution in [3.63, 3.8) is 0 Å². The Morgan fingerprint density at radius 1 is 1.26 bits per heavy atom. The number of rotatable bonds is 6. The number of carbonyl (C=O) groups is 1. The highest BCUT2D eigenvalue weighted by atomic mass is 35.5. The molecule has 0 aliphatic rings. The first kappa shape index (κ1) is 17.0. The van der Waals surface area contributed by atoms with Gasteiger partial charge in [0.25, 0.3) is 5.91 Å². The Labute approximate surface area is 141 Å². The number of benzene rings is 2. The van der Waals surface area contributed by atoms with Crippen LogP contribution in [0.4, 0.5) is 0 Å². The van der Waals surface area contributed by atoms with Crippen LogP contribution in [0.2, 0.25) is 5.02 Å². The van der Waals surface area contributed by atoms with Crippen LogP contribution in [0, 0.1) is 0 Å². The van der Waals surface area contributed by atoms with Crippen molar-refractivity contribution in [3.8, 4) is 5.75 Å². The molecule has 0 saturated heterocycles. The first-order valence-electron chi connectivity index (χ1n) is 7.43. The van der Waals surface area contributed by atoms with Gasteiger partial charge >= 0.3 is 0 Å². The summed E-state index contributed by atoms with van der Waals surface area (Å²) in [6.07, 6.45) is 1.82. The van der Waals surface area contributed by atoms with E-state index in [1.807, 2.05) is 42.5 Å². The summed E-state index contributed by atoms with van der Waals surface area (Å²) in [6.45, 7) is 3.76. The second-order valence-electron chi connectivity index (χ2n) is 5.01. The Kier molecular flexibility index (Phi) is 6.18. The highest BCUT2D eigenvalue weighted by Crippen LogP contribution is 2.14. The first-order chi connectivity index (χ1) is 11.1. The van der Waals surface area contributed by atoms with E-state index in [9.17, 15) is 4.79 Å². The van der Waals surface area contributed by atoms with Gasteiger partial charge in [0.05, 0.1) is 6.21 Å². The fraction of sp³-hybridized carbons (Fsp3) is 0.222. The molecule has 2 rings (SSSR count). The summed E-state index contributed by atoms with van der Waals surface area (Å²) >= 11 is 6.01. The molecule has 1 unspecified atom stereocenters. The molecule has 120 valence electrons. The molecular formula is C18H19ClN2O2. The smallest absolute Gasteiger partial charge is 0.280 e. The van der Waals surface area contributed by atoms with Crippen molar-refractivity contribution in [1.29, 1.82) is 0 Å². The standard InChI is InChI=1S/C18H19ClN2O2/c1-3-14-8-10-16(11-9-14)23-13(2)18(22)21-20-12-15-6-4-5-7-17(15)19/h4-13H,3H2,1-2H3,(H,21,22). The lowest BCUT2D eigenvalue weighted by Gasteiger charge is -2.13. The van der Waals surface area contributed by atoms with Gasteiger partial charge in [0, 0.05) is 10.6 Å². The van der Waals surface area contributed by atoms with Crippen LogP contribution in [-0.2, 0) is 11.2 Å². The van der Waals surface area contributed by atoms with Gasteiger partial charge in [0.15, 0.2) is 6.10 Å². The van der Waals surface area contributed by atoms with E-state index in [0.717, 1.165) is 12.0 Å². The first-order valence-corrected chi connectivity index (χ1v) is 7.81. The second-order valence-corrected chi connectivity index (χ2v) is 5.42. The van der Waals surface area contributed by atoms with E-state index in [-0.39, 0.29) is 5.91 Å². The van der Waals surface area contributed by atoms with E-state index in [4.69, 9.17) is 16.3 Å². The minimum Gasteiger partial charge on any atom is -0.481 e. The van der Waals surface area contributed by atoms with Gasteiger partial charge in [-0.1, -0.05) is 48.9 Å². The van der Waals surface area contributed by atoms with E-state index in [2.05, 4.69) is 17.5 Å². The Hall–Kier alpha value is -2.33. The normalized spacial score (nSPS) is 12.1. The molecule has 2 aromatic rings. The highest BCUT2D eigenvalue weighted by Gasteiger charge is 2.13. The summed E-state index contributed by atoms with van der Waals surface area (Å²) in [5.74, 6) is 0.327. The third-order valence-electron chi connectivity index (χ3n) is 3.30. The Morgan fingerprint density at radius 3 is 2.61 bits per heavy atom. The van der Waals surface area contributed by atoms with Gasteiger partial charge in [0.2, 0.25) is 0 Å². The van der Waals surface area contributed by atoms with Gasteiger partial charge in [-0.3, -0.25) is 4.79 Å². The molecule has 0 bridgehead atoms. The maximum Gasteiger partial charge on any atom is 0.280 e. The van der Waals surface area contributed by atoms with E-state index in [0.29, 0.717) is 10.8 Å². The van der Waals surface area contributed by atoms with Crippen LogP contribution in [0.15, 0.2) is 53.6 Å². The molecule has 23 heavy (non-hydrogen) atoms. The van der Waals surface area contributed by atoms with Crippen molar-refractivity contribution in [2.24, 2.45) is 5.10 Å². The number of hydrazone groups is 1. The van der Waals surface area contributed by atoms with Crippen molar-refractivity contribution in [1.82, 2.24) is 5.43 Å². The number of nitrogens with one attached hydrogen (secondary N) is 1. The van der Waals surface area contributed by atoms with Crippen molar-refractivity contribution >= 4 is 23.7 Å². The topological polar surface area (TPSA) is 50.7 Å². The molecule has 0 radical (unpaired) electrons. The number of carbonyl (C=O) groups excluding carboxylic acids is 1. The van der Waals surface area contributed by atoms with E-state index in [1.165, 1.54) is 11.8 Å². The summed E-state index contributed by atoms with van der Waals surface area (Å²) in [5, 5.41) is 4.48. The second kappa shape index (κ2) is 8.34. The summed E-state index contributed by atoms with van der Waals surface area (Å²) in [5.41, 5.74) is 4.40. The fourth-order valence-corrected chi connectivity index (χ4v) is 2.08. The minimum atomic E-state index is -0.647. The van der Waals surface area contributed by atoms with Gasteiger partial charge in [-0.2, -0.15) is 5.10 Å². The van der Waals surface area contributed by atoms with Crippen LogP contribution in [0.3, 0.4) is 0 Å². The molecule has 0 spiro atoms. The van der Waals surface area contributed by atoms with Gasteiger partial charge < -0.3 is 4.74 Å². The Morgan fingerprint density at radius 2 is 1.96 bits per heavy atom. The molecule has 0 heterocycles. The van der Waals surface area contributed by atoms with Crippen molar-refractivity contribution < 1.29 is 9.53 Å². The molecular weight excluding hydrogens is 312 g/mol. The Bertz CT molecular complexity index is 684. The Balaban J connectivity index is 1.88. The van der Waals surface area contributed by atoms with E-state index in [1.54, 1.807) is 13.0 Å². The zero-order valence-electron chi connectivity index (χ0n) is 13.1. The molecule has 5 heteroatoms. The molecule has 0 saturated carbocycles. The third kappa shape index (κ3) is 5.11. The molecule has 4 nitrogen and oxygen atoms in total. The average molecular weight is 331 g/mol. The molecule has 1 N–H and O–H groups in total. The number of halogens is 1. The zero-order valence-corrected chi connectivity index (χ0v) is 13.9. The zero-order chi connectivity index (χ0) is 16.7. The van der Waals surface area contributed by atoms with Crippen molar-refractivity contribution in [2.75, 3.05) is 0 Å². The molecule has 0 aromatic heterocycles. The maximum absolute atomic E-state index is 12.0. The lowest BCUT2D eigenvalue weighted by molar-refractivity contribution is -0.127. The van der Waals surface area contributed by atoms with Crippen molar-refractivity contribution in [3.05, 3.63) is 64.7 Å². The molecule has 0 fully saturated rings. The number of ether oxygens (including phenoxy) is 1. The van der Waals surface area contributed by atoms with Gasteiger partial charge in [-0.25, -0.2) is 5.43 Å². The molecule has 2 aromatic carbocycles. The van der Waals surface area contributed by atoms with Crippen LogP contribution in [0.1, 0.15) is 25.0 Å². The monoisotopic (exact) mass is 330 g/mol. The van der Waals surface area contributed by atoms with E-state index < -0.39 is 6.10 Å². The summed E-state index contributed by atoms with van der Waals surface area (Å²) in [4.78, 5) is 12.0. The highest BCUT2D eigenvalue weighted by molar-refractivity contribution is 6.33. The molecule has 1 atom stereocenters. The van der Waals surface area contributed by atoms with Crippen LogP contribution < -0.4 is 10.2 Å². The lowest BCUT2D eigenvalue weighted by Crippen LogP contribution is -2.33. The summed E-state index contributed by atoms with van der Waals surface area (Å²) in [7, 11) is 0. The van der Waals surface area contributed by atoms with Crippen molar-refractivity contribution in [2.45, 2.75) is 26.4 Å². The number of nitrogens with zero attached hydrogens (tertiary/aromatic N) is 1. The fourth-order valence-electron chi connectivity index (χ4n) is 1.90. The molecule has 0 aliphatic heterocycles. The molecule has 0 aliphatic carbocycles. The van der Waals surface area contributed by atoms with Crippen LogP contribution >= 0.6 is 11.6 Å². The molecule has 1 amide bonds. The average Bonchev–Trinajstić information content (AvgIpc) is 2.57. The van der Waals surface area contributed by atoms with Crippen LogP contribution in [0.5, 0.6) is 5.75 Å². The van der Waals surface area contributed by atoms with E-state index >= 15 is 0 Å².